The van der Waals surface area contributed by atoms with Crippen LogP contribution in [0.4, 0.5) is 0 Å². The van der Waals surface area contributed by atoms with Gasteiger partial charge < -0.3 is 0 Å². The fourth-order valence-electron chi connectivity index (χ4n) is 1.35. The summed E-state index contributed by atoms with van der Waals surface area (Å²) in [6, 6.07) is 0. The van der Waals surface area contributed by atoms with Crippen molar-refractivity contribution in [3.05, 3.63) is 11.6 Å². The molecule has 0 saturated heterocycles. The summed E-state index contributed by atoms with van der Waals surface area (Å²) in [4.78, 5) is 14.3. The van der Waals surface area contributed by atoms with Crippen molar-refractivity contribution in [2.75, 3.05) is 0 Å². The van der Waals surface area contributed by atoms with E-state index in [0.29, 0.717) is 12.1 Å². The number of aryl methyl sites for hydroxylation is 2. The van der Waals surface area contributed by atoms with E-state index in [1.54, 1.807) is 0 Å². The zero-order valence-electron chi connectivity index (χ0n) is 6.16. The monoisotopic (exact) mass is 151 g/mol. The molecule has 11 heavy (non-hydrogen) atoms. The molecule has 1 aromatic heterocycles. The molecule has 0 bridgehead atoms. The molecule has 0 aromatic carbocycles. The van der Waals surface area contributed by atoms with E-state index in [2.05, 4.69) is 10.1 Å². The highest BCUT2D eigenvalue weighted by Crippen LogP contribution is 2.10. The van der Waals surface area contributed by atoms with Gasteiger partial charge in [-0.3, -0.25) is 4.79 Å². The Morgan fingerprint density at radius 1 is 1.45 bits per heavy atom. The van der Waals surface area contributed by atoms with Crippen LogP contribution in [0.5, 0.6) is 0 Å². The Labute approximate surface area is 64.2 Å². The van der Waals surface area contributed by atoms with Gasteiger partial charge in [0.15, 0.2) is 6.29 Å². The average molecular weight is 151 g/mol. The molecular formula is C7H9N3O. The first kappa shape index (κ1) is 6.52. The van der Waals surface area contributed by atoms with E-state index in [1.165, 1.54) is 0 Å². The largest absolute Gasteiger partial charge is 0.294 e. The summed E-state index contributed by atoms with van der Waals surface area (Å²) >= 11 is 0. The Morgan fingerprint density at radius 3 is 3.09 bits per heavy atom. The zero-order chi connectivity index (χ0) is 7.68. The number of fused-ring (bicyclic) bond motifs is 1. The van der Waals surface area contributed by atoms with Crippen LogP contribution in [0, 0.1) is 0 Å². The first-order valence-corrected chi connectivity index (χ1v) is 3.79. The van der Waals surface area contributed by atoms with Crippen LogP contribution in [0.2, 0.25) is 0 Å². The van der Waals surface area contributed by atoms with Gasteiger partial charge in [-0.1, -0.05) is 0 Å². The second kappa shape index (κ2) is 2.45. The van der Waals surface area contributed by atoms with E-state index < -0.39 is 0 Å². The van der Waals surface area contributed by atoms with E-state index in [4.69, 9.17) is 0 Å². The highest BCUT2D eigenvalue weighted by molar-refractivity contribution is 5.68. The number of hydrogen-bond acceptors (Lipinski definition) is 3. The molecule has 0 amide bonds. The van der Waals surface area contributed by atoms with Crippen LogP contribution in [0.1, 0.15) is 29.3 Å². The third-order valence-corrected chi connectivity index (χ3v) is 1.89. The summed E-state index contributed by atoms with van der Waals surface area (Å²) in [5, 5.41) is 4.01. The molecule has 4 nitrogen and oxygen atoms in total. The average Bonchev–Trinajstić information content (AvgIpc) is 2.46. The summed E-state index contributed by atoms with van der Waals surface area (Å²) in [6.45, 7) is 0.913. The minimum Gasteiger partial charge on any atom is -0.294 e. The number of rotatable bonds is 1. The fraction of sp³-hybridized carbons (Fsp3) is 0.571. The molecule has 1 aromatic rings. The maximum absolute atomic E-state index is 10.3. The van der Waals surface area contributed by atoms with Crippen LogP contribution >= 0.6 is 0 Å². The summed E-state index contributed by atoms with van der Waals surface area (Å²) in [5.74, 6) is 1.28. The fourth-order valence-corrected chi connectivity index (χ4v) is 1.35. The van der Waals surface area contributed by atoms with Gasteiger partial charge >= 0.3 is 0 Å². The van der Waals surface area contributed by atoms with E-state index in [0.717, 1.165) is 31.6 Å². The Kier molecular flexibility index (Phi) is 1.45. The molecule has 0 saturated carbocycles. The Bertz CT molecular complexity index is 256. The molecule has 4 heteroatoms. The third-order valence-electron chi connectivity index (χ3n) is 1.89. The summed E-state index contributed by atoms with van der Waals surface area (Å²) in [7, 11) is 0. The molecule has 0 atom stereocenters. The van der Waals surface area contributed by atoms with Gasteiger partial charge in [-0.05, 0) is 12.8 Å². The van der Waals surface area contributed by atoms with Crippen molar-refractivity contribution in [1.29, 1.82) is 0 Å². The minimum atomic E-state index is 0.321. The number of carbonyl (C=O) groups is 1. The SMILES string of the molecule is O=Cc1nc2n(n1)CCCC2. The predicted octanol–water partition coefficient (Wildman–Crippen LogP) is 0.427. The van der Waals surface area contributed by atoms with Crippen molar-refractivity contribution in [1.82, 2.24) is 14.8 Å². The van der Waals surface area contributed by atoms with Crippen molar-refractivity contribution in [3.63, 3.8) is 0 Å². The van der Waals surface area contributed by atoms with Crippen molar-refractivity contribution >= 4 is 6.29 Å². The lowest BCUT2D eigenvalue weighted by Gasteiger charge is -2.09. The third kappa shape index (κ3) is 1.04. The Morgan fingerprint density at radius 2 is 2.36 bits per heavy atom. The van der Waals surface area contributed by atoms with E-state index >= 15 is 0 Å². The summed E-state index contributed by atoms with van der Waals surface area (Å²) in [5.41, 5.74) is 0. The van der Waals surface area contributed by atoms with Crippen LogP contribution in [0.3, 0.4) is 0 Å². The van der Waals surface area contributed by atoms with Crippen LogP contribution in [-0.4, -0.2) is 21.1 Å². The van der Waals surface area contributed by atoms with Crippen LogP contribution in [-0.2, 0) is 13.0 Å². The lowest BCUT2D eigenvalue weighted by atomic mass is 10.2. The lowest BCUT2D eigenvalue weighted by Crippen LogP contribution is -2.11. The summed E-state index contributed by atoms with van der Waals surface area (Å²) < 4.78 is 1.83. The maximum atomic E-state index is 10.3. The number of aromatic nitrogens is 3. The van der Waals surface area contributed by atoms with Crippen LogP contribution < -0.4 is 0 Å². The van der Waals surface area contributed by atoms with Gasteiger partial charge in [0.1, 0.15) is 5.82 Å². The number of carbonyl (C=O) groups excluding carboxylic acids is 1. The van der Waals surface area contributed by atoms with Gasteiger partial charge in [0.2, 0.25) is 5.82 Å². The van der Waals surface area contributed by atoms with Crippen LogP contribution in [0.15, 0.2) is 0 Å². The number of aldehydes is 1. The Balaban J connectivity index is 2.39. The van der Waals surface area contributed by atoms with Crippen molar-refractivity contribution in [3.8, 4) is 0 Å². The molecule has 0 spiro atoms. The van der Waals surface area contributed by atoms with Crippen molar-refractivity contribution in [2.24, 2.45) is 0 Å². The molecule has 1 aliphatic heterocycles. The lowest BCUT2D eigenvalue weighted by molar-refractivity contribution is 0.111. The van der Waals surface area contributed by atoms with Crippen molar-refractivity contribution in [2.45, 2.75) is 25.8 Å². The van der Waals surface area contributed by atoms with Gasteiger partial charge in [-0.2, -0.15) is 0 Å². The van der Waals surface area contributed by atoms with Crippen LogP contribution in [0.25, 0.3) is 0 Å². The van der Waals surface area contributed by atoms with E-state index in [9.17, 15) is 4.79 Å². The second-order valence-corrected chi connectivity index (χ2v) is 2.68. The molecule has 0 N–H and O–H groups in total. The molecule has 1 aliphatic rings. The molecule has 0 radical (unpaired) electrons. The Hall–Kier alpha value is -1.19. The molecule has 0 fully saturated rings. The molecular weight excluding hydrogens is 142 g/mol. The second-order valence-electron chi connectivity index (χ2n) is 2.68. The number of nitrogens with zero attached hydrogens (tertiary/aromatic N) is 3. The van der Waals surface area contributed by atoms with Gasteiger partial charge in [0.25, 0.3) is 0 Å². The minimum absolute atomic E-state index is 0.321. The summed E-state index contributed by atoms with van der Waals surface area (Å²) in [6.07, 6.45) is 3.97. The smallest absolute Gasteiger partial charge is 0.214 e. The normalized spacial score (nSPS) is 16.0. The van der Waals surface area contributed by atoms with E-state index in [1.807, 2.05) is 4.68 Å². The molecule has 58 valence electrons. The molecule has 2 rings (SSSR count). The van der Waals surface area contributed by atoms with Gasteiger partial charge in [0, 0.05) is 13.0 Å². The topological polar surface area (TPSA) is 47.8 Å². The predicted molar refractivity (Wildman–Crippen MR) is 38.3 cm³/mol. The highest BCUT2D eigenvalue weighted by Gasteiger charge is 2.12. The first-order chi connectivity index (χ1) is 5.40. The molecule has 0 aliphatic carbocycles. The van der Waals surface area contributed by atoms with Gasteiger partial charge in [-0.25, -0.2) is 9.67 Å². The molecule has 0 unspecified atom stereocenters. The molecule has 2 heterocycles. The standard InChI is InChI=1S/C7H9N3O/c11-5-6-8-7-3-1-2-4-10(7)9-6/h5H,1-4H2. The first-order valence-electron chi connectivity index (χ1n) is 3.79. The quantitative estimate of drug-likeness (QED) is 0.547. The highest BCUT2D eigenvalue weighted by atomic mass is 16.1. The maximum Gasteiger partial charge on any atom is 0.214 e. The van der Waals surface area contributed by atoms with E-state index in [-0.39, 0.29) is 0 Å². The van der Waals surface area contributed by atoms with Gasteiger partial charge in [0.05, 0.1) is 0 Å². The number of hydrogen-bond donors (Lipinski definition) is 0. The zero-order valence-corrected chi connectivity index (χ0v) is 6.16. The van der Waals surface area contributed by atoms with Crippen molar-refractivity contribution < 1.29 is 4.79 Å². The van der Waals surface area contributed by atoms with Gasteiger partial charge in [-0.15, -0.1) is 5.10 Å².